The number of amides is 1. The van der Waals surface area contributed by atoms with Gasteiger partial charge in [-0.2, -0.15) is 0 Å². The Kier molecular flexibility index (Phi) is 6.04. The molecule has 1 saturated carbocycles. The number of carbonyl (C=O) groups excluding carboxylic acids is 1. The third-order valence-electron chi connectivity index (χ3n) is 4.82. The van der Waals surface area contributed by atoms with Gasteiger partial charge in [0, 0.05) is 11.6 Å². The second-order valence-corrected chi connectivity index (χ2v) is 8.24. The minimum absolute atomic E-state index is 0.00999. The molecule has 0 aromatic heterocycles. The summed E-state index contributed by atoms with van der Waals surface area (Å²) in [6.07, 6.45) is 9.67. The highest BCUT2D eigenvalue weighted by Crippen LogP contribution is 2.39. The molecule has 1 saturated heterocycles. The average Bonchev–Trinajstić information content (AvgIpc) is 2.92. The first kappa shape index (κ1) is 19.0. The van der Waals surface area contributed by atoms with Crippen LogP contribution in [0.25, 0.3) is 6.08 Å². The summed E-state index contributed by atoms with van der Waals surface area (Å²) in [6.45, 7) is 3.72. The molecule has 0 spiro atoms. The second-order valence-electron chi connectivity index (χ2n) is 6.57. The molecule has 0 radical (unpaired) electrons. The van der Waals surface area contributed by atoms with Crippen LogP contribution in [-0.4, -0.2) is 33.4 Å². The molecule has 1 amide bonds. The van der Waals surface area contributed by atoms with Crippen molar-refractivity contribution in [2.24, 2.45) is 0 Å². The first-order chi connectivity index (χ1) is 12.5. The molecule has 1 aromatic rings. The molecule has 1 heterocycles. The number of thiocarbonyl (C=S) groups is 1. The molecule has 2 fully saturated rings. The summed E-state index contributed by atoms with van der Waals surface area (Å²) in [6, 6.07) is 3.81. The third kappa shape index (κ3) is 3.81. The Labute approximate surface area is 163 Å². The van der Waals surface area contributed by atoms with E-state index in [4.69, 9.17) is 17.0 Å². The number of phenolic OH excluding ortho intramolecular Hbond substituents is 1. The summed E-state index contributed by atoms with van der Waals surface area (Å²) >= 11 is 6.83. The number of hydrogen-bond donors (Lipinski definition) is 1. The van der Waals surface area contributed by atoms with Crippen LogP contribution < -0.4 is 4.74 Å². The van der Waals surface area contributed by atoms with Gasteiger partial charge in [-0.15, -0.1) is 6.58 Å². The van der Waals surface area contributed by atoms with Crippen LogP contribution in [0.1, 0.15) is 43.2 Å². The van der Waals surface area contributed by atoms with Gasteiger partial charge >= 0.3 is 0 Å². The minimum Gasteiger partial charge on any atom is -0.504 e. The van der Waals surface area contributed by atoms with Crippen molar-refractivity contribution in [1.29, 1.82) is 0 Å². The Balaban J connectivity index is 1.90. The van der Waals surface area contributed by atoms with Crippen molar-refractivity contribution in [3.05, 3.63) is 40.8 Å². The van der Waals surface area contributed by atoms with E-state index in [1.807, 2.05) is 12.1 Å². The zero-order valence-corrected chi connectivity index (χ0v) is 16.5. The molecule has 1 aliphatic heterocycles. The number of aromatic hydroxyl groups is 1. The normalized spacial score (nSPS) is 20.0. The Morgan fingerprint density at radius 1 is 1.38 bits per heavy atom. The van der Waals surface area contributed by atoms with E-state index in [0.717, 1.165) is 31.2 Å². The van der Waals surface area contributed by atoms with Crippen molar-refractivity contribution >= 4 is 40.3 Å². The molecular weight excluding hydrogens is 366 g/mol. The molecule has 6 heteroatoms. The zero-order valence-electron chi connectivity index (χ0n) is 14.9. The van der Waals surface area contributed by atoms with Crippen LogP contribution in [0, 0.1) is 0 Å². The highest BCUT2D eigenvalue weighted by atomic mass is 32.2. The predicted octanol–water partition coefficient (Wildman–Crippen LogP) is 4.66. The first-order valence-electron chi connectivity index (χ1n) is 8.83. The van der Waals surface area contributed by atoms with Crippen LogP contribution >= 0.6 is 24.0 Å². The summed E-state index contributed by atoms with van der Waals surface area (Å²) in [4.78, 5) is 15.3. The van der Waals surface area contributed by atoms with E-state index in [1.54, 1.807) is 17.0 Å². The van der Waals surface area contributed by atoms with Gasteiger partial charge in [-0.3, -0.25) is 9.69 Å². The number of allylic oxidation sites excluding steroid dienone is 1. The first-order valence-corrected chi connectivity index (χ1v) is 10.1. The summed E-state index contributed by atoms with van der Waals surface area (Å²) in [5.41, 5.74) is 1.52. The fourth-order valence-electron chi connectivity index (χ4n) is 3.52. The maximum atomic E-state index is 12.9. The van der Waals surface area contributed by atoms with Crippen molar-refractivity contribution in [1.82, 2.24) is 4.90 Å². The van der Waals surface area contributed by atoms with Gasteiger partial charge in [0.2, 0.25) is 0 Å². The molecule has 138 valence electrons. The van der Waals surface area contributed by atoms with E-state index in [9.17, 15) is 9.90 Å². The van der Waals surface area contributed by atoms with Crippen LogP contribution in [0.4, 0.5) is 0 Å². The number of rotatable bonds is 5. The second kappa shape index (κ2) is 8.27. The summed E-state index contributed by atoms with van der Waals surface area (Å²) in [5, 5.41) is 10.2. The molecule has 26 heavy (non-hydrogen) atoms. The lowest BCUT2D eigenvalue weighted by molar-refractivity contribution is -0.124. The number of methoxy groups -OCH3 is 1. The van der Waals surface area contributed by atoms with Crippen LogP contribution in [0.2, 0.25) is 0 Å². The monoisotopic (exact) mass is 389 g/mol. The Morgan fingerprint density at radius 3 is 2.77 bits per heavy atom. The summed E-state index contributed by atoms with van der Waals surface area (Å²) in [5.74, 6) is 0.488. The fraction of sp³-hybridized carbons (Fsp3) is 0.400. The van der Waals surface area contributed by atoms with E-state index in [1.165, 1.54) is 25.3 Å². The van der Waals surface area contributed by atoms with Gasteiger partial charge in [0.25, 0.3) is 5.91 Å². The molecule has 1 N–H and O–H groups in total. The van der Waals surface area contributed by atoms with Crippen molar-refractivity contribution in [3.8, 4) is 11.5 Å². The minimum atomic E-state index is -0.00999. The highest BCUT2D eigenvalue weighted by molar-refractivity contribution is 8.26. The molecule has 0 unspecified atom stereocenters. The van der Waals surface area contributed by atoms with Crippen molar-refractivity contribution in [2.45, 2.75) is 44.6 Å². The van der Waals surface area contributed by atoms with Crippen LogP contribution in [0.5, 0.6) is 11.5 Å². The largest absolute Gasteiger partial charge is 0.504 e. The van der Waals surface area contributed by atoms with Crippen LogP contribution in [0.15, 0.2) is 29.7 Å². The van der Waals surface area contributed by atoms with E-state index in [-0.39, 0.29) is 17.7 Å². The van der Waals surface area contributed by atoms with Gasteiger partial charge in [-0.25, -0.2) is 0 Å². The lowest BCUT2D eigenvalue weighted by Gasteiger charge is -2.29. The molecule has 0 atom stereocenters. The standard InChI is InChI=1S/C20H23NO3S2/c1-3-7-14-10-13(11-16(24-2)18(14)22)12-17-19(23)21(20(25)26-17)15-8-5-4-6-9-15/h3,10-12,15,22H,1,4-9H2,2H3. The van der Waals surface area contributed by atoms with Gasteiger partial charge in [-0.1, -0.05) is 49.3 Å². The predicted molar refractivity (Wildman–Crippen MR) is 110 cm³/mol. The van der Waals surface area contributed by atoms with E-state index >= 15 is 0 Å². The van der Waals surface area contributed by atoms with Gasteiger partial charge in [0.1, 0.15) is 4.32 Å². The quantitative estimate of drug-likeness (QED) is 0.451. The number of thioether (sulfide) groups is 1. The molecule has 1 aromatic carbocycles. The number of nitrogens with zero attached hydrogens (tertiary/aromatic N) is 1. The van der Waals surface area contributed by atoms with Crippen molar-refractivity contribution < 1.29 is 14.6 Å². The van der Waals surface area contributed by atoms with Gasteiger partial charge in [0.15, 0.2) is 11.5 Å². The number of ether oxygens (including phenoxy) is 1. The summed E-state index contributed by atoms with van der Waals surface area (Å²) < 4.78 is 5.90. The number of carbonyl (C=O) groups is 1. The number of hydrogen-bond acceptors (Lipinski definition) is 5. The molecule has 4 nitrogen and oxygen atoms in total. The number of phenols is 1. The smallest absolute Gasteiger partial charge is 0.266 e. The number of benzene rings is 1. The van der Waals surface area contributed by atoms with E-state index in [0.29, 0.717) is 27.0 Å². The van der Waals surface area contributed by atoms with Gasteiger partial charge in [-0.05, 0) is 43.0 Å². The molecule has 2 aliphatic rings. The Hall–Kier alpha value is -1.79. The molecular formula is C20H23NO3S2. The summed E-state index contributed by atoms with van der Waals surface area (Å²) in [7, 11) is 1.51. The maximum absolute atomic E-state index is 12.9. The zero-order chi connectivity index (χ0) is 18.7. The van der Waals surface area contributed by atoms with Crippen molar-refractivity contribution in [2.75, 3.05) is 7.11 Å². The highest BCUT2D eigenvalue weighted by Gasteiger charge is 2.37. The third-order valence-corrected chi connectivity index (χ3v) is 6.15. The lowest BCUT2D eigenvalue weighted by Crippen LogP contribution is -2.39. The van der Waals surface area contributed by atoms with Crippen molar-refractivity contribution in [3.63, 3.8) is 0 Å². The topological polar surface area (TPSA) is 49.8 Å². The lowest BCUT2D eigenvalue weighted by atomic mass is 9.94. The van der Waals surface area contributed by atoms with Crippen LogP contribution in [-0.2, 0) is 11.2 Å². The van der Waals surface area contributed by atoms with Gasteiger partial charge in [0.05, 0.1) is 12.0 Å². The van der Waals surface area contributed by atoms with E-state index < -0.39 is 0 Å². The Bertz CT molecular complexity index is 767. The average molecular weight is 390 g/mol. The van der Waals surface area contributed by atoms with Gasteiger partial charge < -0.3 is 9.84 Å². The SMILES string of the molecule is C=CCc1cc(C=C2SC(=S)N(C3CCCCC3)C2=O)cc(OC)c1O. The molecule has 1 aliphatic carbocycles. The Morgan fingerprint density at radius 2 is 2.12 bits per heavy atom. The van der Waals surface area contributed by atoms with E-state index in [2.05, 4.69) is 6.58 Å². The molecule has 0 bridgehead atoms. The fourth-order valence-corrected chi connectivity index (χ4v) is 4.92. The molecule has 3 rings (SSSR count). The van der Waals surface area contributed by atoms with Crippen LogP contribution in [0.3, 0.4) is 0 Å². The maximum Gasteiger partial charge on any atom is 0.266 e.